The van der Waals surface area contributed by atoms with Gasteiger partial charge in [0.15, 0.2) is 0 Å². The number of nitrogens with zero attached hydrogens (tertiary/aromatic N) is 1. The van der Waals surface area contributed by atoms with Crippen LogP contribution in [0, 0.1) is 0 Å². The minimum absolute atomic E-state index is 0.290. The summed E-state index contributed by atoms with van der Waals surface area (Å²) in [5, 5.41) is 3.45. The van der Waals surface area contributed by atoms with Crippen LogP contribution in [0.25, 0.3) is 0 Å². The van der Waals surface area contributed by atoms with E-state index < -0.39 is 0 Å². The first-order chi connectivity index (χ1) is 9.51. The highest BCUT2D eigenvalue weighted by atomic mass is 79.9. The second kappa shape index (κ2) is 6.92. The number of anilines is 1. The van der Waals surface area contributed by atoms with Crippen LogP contribution < -0.4 is 10.2 Å². The number of rotatable bonds is 4. The van der Waals surface area contributed by atoms with Crippen LogP contribution in [0.15, 0.2) is 22.7 Å². The maximum Gasteiger partial charge on any atom is 0.0726 e. The molecule has 112 valence electrons. The Balaban J connectivity index is 2.16. The standard InChI is InChI=1S/C16H25BrN2O/c1-5-18-13(4)15-7-6-14(8-16(15)17)19-9-11(2)20-12(3)10-19/h6-8,11-13,18H,5,9-10H2,1-4H3/t11-,12+,13?. The van der Waals surface area contributed by atoms with Crippen LogP contribution >= 0.6 is 15.9 Å². The van der Waals surface area contributed by atoms with Gasteiger partial charge in [0.25, 0.3) is 0 Å². The lowest BCUT2D eigenvalue weighted by molar-refractivity contribution is -0.00522. The molecule has 0 aliphatic carbocycles. The average molecular weight is 341 g/mol. The zero-order chi connectivity index (χ0) is 14.7. The van der Waals surface area contributed by atoms with Crippen molar-refractivity contribution < 1.29 is 4.74 Å². The Morgan fingerprint density at radius 3 is 2.55 bits per heavy atom. The van der Waals surface area contributed by atoms with Crippen molar-refractivity contribution >= 4 is 21.6 Å². The van der Waals surface area contributed by atoms with Gasteiger partial charge in [-0.2, -0.15) is 0 Å². The molecule has 20 heavy (non-hydrogen) atoms. The third-order valence-electron chi connectivity index (χ3n) is 3.75. The second-order valence-electron chi connectivity index (χ2n) is 5.65. The van der Waals surface area contributed by atoms with E-state index in [-0.39, 0.29) is 12.2 Å². The van der Waals surface area contributed by atoms with Crippen molar-refractivity contribution in [1.82, 2.24) is 5.32 Å². The molecular formula is C16H25BrN2O. The van der Waals surface area contributed by atoms with Gasteiger partial charge in [0.05, 0.1) is 12.2 Å². The number of benzene rings is 1. The summed E-state index contributed by atoms with van der Waals surface area (Å²) in [5.41, 5.74) is 2.58. The molecule has 1 aliphatic rings. The smallest absolute Gasteiger partial charge is 0.0726 e. The van der Waals surface area contributed by atoms with E-state index in [0.29, 0.717) is 6.04 Å². The van der Waals surface area contributed by atoms with Gasteiger partial charge in [0.1, 0.15) is 0 Å². The highest BCUT2D eigenvalue weighted by Gasteiger charge is 2.23. The number of halogens is 1. The minimum atomic E-state index is 0.290. The first kappa shape index (κ1) is 15.8. The van der Waals surface area contributed by atoms with E-state index in [1.807, 2.05) is 0 Å². The zero-order valence-corrected chi connectivity index (χ0v) is 14.4. The van der Waals surface area contributed by atoms with Crippen molar-refractivity contribution in [2.45, 2.75) is 45.9 Å². The number of hydrogen-bond acceptors (Lipinski definition) is 3. The number of morpholine rings is 1. The molecule has 1 aliphatic heterocycles. The van der Waals surface area contributed by atoms with Gasteiger partial charge in [0, 0.05) is 29.3 Å². The number of nitrogens with one attached hydrogen (secondary N) is 1. The molecule has 0 amide bonds. The monoisotopic (exact) mass is 340 g/mol. The van der Waals surface area contributed by atoms with Gasteiger partial charge in [-0.1, -0.05) is 28.9 Å². The Labute approximate surface area is 130 Å². The van der Waals surface area contributed by atoms with Gasteiger partial charge in [-0.3, -0.25) is 0 Å². The molecule has 4 heteroatoms. The predicted molar refractivity (Wildman–Crippen MR) is 88.5 cm³/mol. The van der Waals surface area contributed by atoms with Crippen LogP contribution in [0.3, 0.4) is 0 Å². The zero-order valence-electron chi connectivity index (χ0n) is 12.8. The second-order valence-corrected chi connectivity index (χ2v) is 6.50. The average Bonchev–Trinajstić information content (AvgIpc) is 2.37. The molecular weight excluding hydrogens is 316 g/mol. The molecule has 0 spiro atoms. The largest absolute Gasteiger partial charge is 0.372 e. The third-order valence-corrected chi connectivity index (χ3v) is 4.43. The van der Waals surface area contributed by atoms with Crippen LogP contribution in [0.4, 0.5) is 5.69 Å². The van der Waals surface area contributed by atoms with Crippen molar-refractivity contribution in [3.8, 4) is 0 Å². The summed E-state index contributed by atoms with van der Waals surface area (Å²) < 4.78 is 6.97. The maximum absolute atomic E-state index is 5.80. The lowest BCUT2D eigenvalue weighted by Gasteiger charge is -2.37. The van der Waals surface area contributed by atoms with E-state index in [1.54, 1.807) is 0 Å². The Bertz CT molecular complexity index is 442. The van der Waals surface area contributed by atoms with E-state index in [9.17, 15) is 0 Å². The Hall–Kier alpha value is -0.580. The van der Waals surface area contributed by atoms with Gasteiger partial charge in [0.2, 0.25) is 0 Å². The quantitative estimate of drug-likeness (QED) is 0.903. The third kappa shape index (κ3) is 3.74. The Kier molecular flexibility index (Phi) is 5.47. The van der Waals surface area contributed by atoms with Crippen molar-refractivity contribution in [2.24, 2.45) is 0 Å². The summed E-state index contributed by atoms with van der Waals surface area (Å²) in [4.78, 5) is 2.41. The summed E-state index contributed by atoms with van der Waals surface area (Å²) in [5.74, 6) is 0. The molecule has 1 aromatic carbocycles. The molecule has 1 unspecified atom stereocenters. The Morgan fingerprint density at radius 1 is 1.35 bits per heavy atom. The fraction of sp³-hybridized carbons (Fsp3) is 0.625. The van der Waals surface area contributed by atoms with Gasteiger partial charge >= 0.3 is 0 Å². The molecule has 1 heterocycles. The van der Waals surface area contributed by atoms with E-state index in [4.69, 9.17) is 4.74 Å². The van der Waals surface area contributed by atoms with E-state index in [1.165, 1.54) is 15.7 Å². The molecule has 0 saturated carbocycles. The van der Waals surface area contributed by atoms with E-state index in [2.05, 4.69) is 72.0 Å². The SMILES string of the molecule is CCNC(C)c1ccc(N2C[C@@H](C)O[C@@H](C)C2)cc1Br. The molecule has 3 nitrogen and oxygen atoms in total. The topological polar surface area (TPSA) is 24.5 Å². The number of ether oxygens (including phenoxy) is 1. The van der Waals surface area contributed by atoms with Crippen LogP contribution in [-0.4, -0.2) is 31.8 Å². The van der Waals surface area contributed by atoms with Crippen LogP contribution in [0.2, 0.25) is 0 Å². The van der Waals surface area contributed by atoms with Crippen molar-refractivity contribution in [3.63, 3.8) is 0 Å². The van der Waals surface area contributed by atoms with Gasteiger partial charge in [-0.05, 0) is 45.0 Å². The van der Waals surface area contributed by atoms with Crippen molar-refractivity contribution in [2.75, 3.05) is 24.5 Å². The molecule has 2 rings (SSSR count). The van der Waals surface area contributed by atoms with Crippen LogP contribution in [0.5, 0.6) is 0 Å². The number of hydrogen-bond donors (Lipinski definition) is 1. The summed E-state index contributed by atoms with van der Waals surface area (Å²) in [6, 6.07) is 7.04. The Morgan fingerprint density at radius 2 is 2.00 bits per heavy atom. The predicted octanol–water partition coefficient (Wildman–Crippen LogP) is 3.73. The fourth-order valence-corrected chi connectivity index (χ4v) is 3.58. The molecule has 3 atom stereocenters. The summed E-state index contributed by atoms with van der Waals surface area (Å²) in [6.45, 7) is 11.5. The summed E-state index contributed by atoms with van der Waals surface area (Å²) in [6.07, 6.45) is 0.579. The van der Waals surface area contributed by atoms with Gasteiger partial charge in [-0.25, -0.2) is 0 Å². The molecule has 0 bridgehead atoms. The summed E-state index contributed by atoms with van der Waals surface area (Å²) >= 11 is 3.72. The lowest BCUT2D eigenvalue weighted by atomic mass is 10.1. The van der Waals surface area contributed by atoms with Crippen molar-refractivity contribution in [3.05, 3.63) is 28.2 Å². The first-order valence-electron chi connectivity index (χ1n) is 7.44. The molecule has 1 N–H and O–H groups in total. The molecule has 1 aromatic rings. The molecule has 0 aromatic heterocycles. The molecule has 0 radical (unpaired) electrons. The van der Waals surface area contributed by atoms with Crippen LogP contribution in [-0.2, 0) is 4.74 Å². The summed E-state index contributed by atoms with van der Waals surface area (Å²) in [7, 11) is 0. The van der Waals surface area contributed by atoms with E-state index >= 15 is 0 Å². The van der Waals surface area contributed by atoms with Gasteiger partial charge in [-0.15, -0.1) is 0 Å². The normalized spacial score (nSPS) is 24.8. The van der Waals surface area contributed by atoms with Gasteiger partial charge < -0.3 is 15.0 Å². The van der Waals surface area contributed by atoms with E-state index in [0.717, 1.165) is 19.6 Å². The molecule has 1 saturated heterocycles. The van der Waals surface area contributed by atoms with Crippen molar-refractivity contribution in [1.29, 1.82) is 0 Å². The highest BCUT2D eigenvalue weighted by molar-refractivity contribution is 9.10. The highest BCUT2D eigenvalue weighted by Crippen LogP contribution is 2.29. The first-order valence-corrected chi connectivity index (χ1v) is 8.23. The fourth-order valence-electron chi connectivity index (χ4n) is 2.87. The lowest BCUT2D eigenvalue weighted by Crippen LogP contribution is -2.45. The minimum Gasteiger partial charge on any atom is -0.372 e. The van der Waals surface area contributed by atoms with Crippen LogP contribution in [0.1, 0.15) is 39.3 Å². The molecule has 1 fully saturated rings. The maximum atomic E-state index is 5.80.